The number of halogens is 6. The van der Waals surface area contributed by atoms with Gasteiger partial charge in [-0.1, -0.05) is 25.6 Å². The first-order valence-electron chi connectivity index (χ1n) is 9.24. The molecule has 2 rings (SSSR count). The molecule has 0 aliphatic rings. The van der Waals surface area contributed by atoms with Crippen molar-refractivity contribution in [2.45, 2.75) is 19.0 Å². The molecule has 0 saturated carbocycles. The number of nitrogens with zero attached hydrogens (tertiary/aromatic N) is 2. The van der Waals surface area contributed by atoms with Gasteiger partial charge in [-0.2, -0.15) is 22.0 Å². The highest BCUT2D eigenvalue weighted by Crippen LogP contribution is 2.35. The molecule has 1 heterocycles. The van der Waals surface area contributed by atoms with Gasteiger partial charge < -0.3 is 15.6 Å². The molecule has 0 radical (unpaired) electrons. The molecule has 0 aliphatic heterocycles. The number of thioether (sulfide) groups is 1. The van der Waals surface area contributed by atoms with Gasteiger partial charge in [0, 0.05) is 10.5 Å². The Balaban J connectivity index is 2.34. The number of benzene rings is 1. The summed E-state index contributed by atoms with van der Waals surface area (Å²) < 4.78 is 80.3. The first-order chi connectivity index (χ1) is 15.4. The van der Waals surface area contributed by atoms with Crippen LogP contribution in [0.15, 0.2) is 60.0 Å². The lowest BCUT2D eigenvalue weighted by Gasteiger charge is -2.19. The highest BCUT2D eigenvalue weighted by Gasteiger charge is 2.58. The molecule has 3 N–H and O–H groups in total. The standard InChI is InChI=1S/C21H19F6N3O2S/c1-3-33-17(8-15(12(2)31)13-4-6-14(22)7-5-13)19(28)16-9-30-18(10-29-16)32-11-20(23,24)21(25,26)27/h4-10,31H,2-3,11,28H2,1H3/b15-8+,19-17+. The number of aliphatic hydroxyl groups excluding tert-OH is 1. The van der Waals surface area contributed by atoms with Crippen LogP contribution in [0.2, 0.25) is 0 Å². The molecule has 0 spiro atoms. The molecule has 0 atom stereocenters. The SMILES string of the molecule is C=C(O)/C(=C\C(SCC)=C(/N)c1cnc(OCC(F)(F)C(F)(F)F)cn1)c1ccc(F)cc1. The van der Waals surface area contributed by atoms with Crippen molar-refractivity contribution in [3.05, 3.63) is 77.1 Å². The Bertz CT molecular complexity index is 1040. The third kappa shape index (κ3) is 6.91. The van der Waals surface area contributed by atoms with Gasteiger partial charge in [-0.3, -0.25) is 0 Å². The Morgan fingerprint density at radius 1 is 1.15 bits per heavy atom. The minimum Gasteiger partial charge on any atom is -0.508 e. The lowest BCUT2D eigenvalue weighted by molar-refractivity contribution is -0.290. The van der Waals surface area contributed by atoms with E-state index in [1.165, 1.54) is 42.1 Å². The molecule has 1 aromatic heterocycles. The van der Waals surface area contributed by atoms with Crippen molar-refractivity contribution in [2.24, 2.45) is 5.73 Å². The molecule has 12 heteroatoms. The summed E-state index contributed by atoms with van der Waals surface area (Å²) >= 11 is 1.27. The van der Waals surface area contributed by atoms with Crippen LogP contribution < -0.4 is 10.5 Å². The summed E-state index contributed by atoms with van der Waals surface area (Å²) in [5.41, 5.74) is 7.05. The number of allylic oxidation sites excluding steroid dienone is 2. The van der Waals surface area contributed by atoms with E-state index < -0.39 is 30.4 Å². The van der Waals surface area contributed by atoms with Crippen molar-refractivity contribution in [1.82, 2.24) is 9.97 Å². The van der Waals surface area contributed by atoms with E-state index in [9.17, 15) is 31.4 Å². The van der Waals surface area contributed by atoms with E-state index >= 15 is 0 Å². The van der Waals surface area contributed by atoms with Gasteiger partial charge in [0.25, 0.3) is 0 Å². The summed E-state index contributed by atoms with van der Waals surface area (Å²) in [4.78, 5) is 8.01. The van der Waals surface area contributed by atoms with E-state index in [0.717, 1.165) is 12.4 Å². The number of ether oxygens (including phenoxy) is 1. The summed E-state index contributed by atoms with van der Waals surface area (Å²) in [5, 5.41) is 10.0. The van der Waals surface area contributed by atoms with Gasteiger partial charge in [-0.15, -0.1) is 11.8 Å². The zero-order valence-electron chi connectivity index (χ0n) is 17.2. The van der Waals surface area contributed by atoms with Crippen LogP contribution in [0.1, 0.15) is 18.2 Å². The smallest absolute Gasteiger partial charge is 0.456 e. The van der Waals surface area contributed by atoms with Crippen LogP contribution >= 0.6 is 11.8 Å². The Morgan fingerprint density at radius 2 is 1.79 bits per heavy atom. The average Bonchev–Trinajstić information content (AvgIpc) is 2.75. The number of rotatable bonds is 9. The fourth-order valence-electron chi connectivity index (χ4n) is 2.35. The second kappa shape index (κ2) is 10.6. The minimum absolute atomic E-state index is 0.0825. The van der Waals surface area contributed by atoms with E-state index in [0.29, 0.717) is 16.2 Å². The Kier molecular flexibility index (Phi) is 8.42. The molecule has 33 heavy (non-hydrogen) atoms. The first-order valence-corrected chi connectivity index (χ1v) is 10.2. The largest absolute Gasteiger partial charge is 0.508 e. The normalized spacial score (nSPS) is 13.5. The zero-order valence-corrected chi connectivity index (χ0v) is 18.0. The van der Waals surface area contributed by atoms with E-state index in [2.05, 4.69) is 21.3 Å². The number of alkyl halides is 5. The molecule has 5 nitrogen and oxygen atoms in total. The summed E-state index contributed by atoms with van der Waals surface area (Å²) in [6, 6.07) is 5.29. The molecular formula is C21H19F6N3O2S. The molecule has 0 aliphatic carbocycles. The van der Waals surface area contributed by atoms with Gasteiger partial charge in [0.15, 0.2) is 6.61 Å². The molecule has 0 bridgehead atoms. The lowest BCUT2D eigenvalue weighted by atomic mass is 10.0. The van der Waals surface area contributed by atoms with Crippen LogP contribution in [-0.4, -0.2) is 39.5 Å². The molecule has 0 amide bonds. The monoisotopic (exact) mass is 491 g/mol. The lowest BCUT2D eigenvalue weighted by Crippen LogP contribution is -2.41. The molecule has 0 saturated heterocycles. The summed E-state index contributed by atoms with van der Waals surface area (Å²) in [6.45, 7) is 3.39. The molecule has 2 aromatic rings. The third-order valence-electron chi connectivity index (χ3n) is 4.03. The minimum atomic E-state index is -5.76. The van der Waals surface area contributed by atoms with Gasteiger partial charge in [0.05, 0.1) is 18.1 Å². The number of hydrogen-bond acceptors (Lipinski definition) is 6. The maximum atomic E-state index is 13.2. The van der Waals surface area contributed by atoms with E-state index in [1.54, 1.807) is 0 Å². The summed E-state index contributed by atoms with van der Waals surface area (Å²) in [7, 11) is 0. The van der Waals surface area contributed by atoms with Crippen LogP contribution in [0.4, 0.5) is 26.3 Å². The van der Waals surface area contributed by atoms with Gasteiger partial charge >= 0.3 is 12.1 Å². The van der Waals surface area contributed by atoms with Crippen LogP contribution in [0.25, 0.3) is 11.3 Å². The van der Waals surface area contributed by atoms with E-state index in [4.69, 9.17) is 5.73 Å². The maximum Gasteiger partial charge on any atom is 0.456 e. The van der Waals surface area contributed by atoms with E-state index in [1.807, 2.05) is 6.92 Å². The van der Waals surface area contributed by atoms with Crippen LogP contribution in [0.3, 0.4) is 0 Å². The number of hydrogen-bond donors (Lipinski definition) is 2. The summed E-state index contributed by atoms with van der Waals surface area (Å²) in [6.07, 6.45) is -2.34. The van der Waals surface area contributed by atoms with Crippen molar-refractivity contribution in [3.8, 4) is 5.88 Å². The van der Waals surface area contributed by atoms with Crippen molar-refractivity contribution < 1.29 is 36.2 Å². The third-order valence-corrected chi connectivity index (χ3v) is 4.96. The van der Waals surface area contributed by atoms with Gasteiger partial charge in [0.2, 0.25) is 5.88 Å². The number of aromatic nitrogens is 2. The van der Waals surface area contributed by atoms with Crippen LogP contribution in [0.5, 0.6) is 5.88 Å². The molecule has 178 valence electrons. The predicted molar refractivity (Wildman–Crippen MR) is 114 cm³/mol. The second-order valence-corrected chi connectivity index (χ2v) is 7.76. The Labute approximate surface area is 189 Å². The van der Waals surface area contributed by atoms with Crippen LogP contribution in [0, 0.1) is 5.82 Å². The predicted octanol–water partition coefficient (Wildman–Crippen LogP) is 5.73. The van der Waals surface area contributed by atoms with Crippen molar-refractivity contribution in [3.63, 3.8) is 0 Å². The fraction of sp³-hybridized carbons (Fsp3) is 0.238. The van der Waals surface area contributed by atoms with Gasteiger partial charge in [0.1, 0.15) is 17.3 Å². The highest BCUT2D eigenvalue weighted by molar-refractivity contribution is 8.03. The van der Waals surface area contributed by atoms with Crippen molar-refractivity contribution in [2.75, 3.05) is 12.4 Å². The molecule has 1 aromatic carbocycles. The highest BCUT2D eigenvalue weighted by atomic mass is 32.2. The van der Waals surface area contributed by atoms with Crippen LogP contribution in [-0.2, 0) is 0 Å². The van der Waals surface area contributed by atoms with E-state index in [-0.39, 0.29) is 22.7 Å². The quantitative estimate of drug-likeness (QED) is 0.265. The maximum absolute atomic E-state index is 13.2. The van der Waals surface area contributed by atoms with Crippen molar-refractivity contribution >= 4 is 23.0 Å². The second-order valence-electron chi connectivity index (χ2n) is 6.45. The number of nitrogens with two attached hydrogens (primary N) is 1. The fourth-order valence-corrected chi connectivity index (χ4v) is 3.12. The van der Waals surface area contributed by atoms with Gasteiger partial charge in [-0.05, 0) is 29.5 Å². The zero-order chi connectivity index (χ0) is 24.8. The Hall–Kier alpha value is -3.15. The molecule has 0 unspecified atom stereocenters. The van der Waals surface area contributed by atoms with Gasteiger partial charge in [-0.25, -0.2) is 14.4 Å². The topological polar surface area (TPSA) is 81.3 Å². The van der Waals surface area contributed by atoms with Crippen molar-refractivity contribution in [1.29, 1.82) is 0 Å². The Morgan fingerprint density at radius 3 is 2.27 bits per heavy atom. The first kappa shape index (κ1) is 26.1. The average molecular weight is 491 g/mol. The summed E-state index contributed by atoms with van der Waals surface area (Å²) in [5.74, 6) is -5.81. The molecule has 0 fully saturated rings. The number of aliphatic hydroxyl groups is 1. The molecular weight excluding hydrogens is 472 g/mol.